The molecule has 0 saturated carbocycles. The summed E-state index contributed by atoms with van der Waals surface area (Å²) in [5, 5.41) is 13.8. The highest BCUT2D eigenvalue weighted by molar-refractivity contribution is 7.47. The number of carbonyl (C=O) groups excluding carboxylic acids is 1. The number of allylic oxidation sites excluding steroid dienone is 1. The van der Waals surface area contributed by atoms with E-state index in [0.717, 1.165) is 38.5 Å². The SMILES string of the molecule is CCCCCCCCCCC/C=C/[C@@H](O)[C@H](COP(=O)(O)OCC[N+](C)(C)C)NC(=O)CCCCCCCCCCCCCCCCCCCCCCCCCCCC. The highest BCUT2D eigenvalue weighted by atomic mass is 31.2. The molecule has 0 bridgehead atoms. The van der Waals surface area contributed by atoms with Crippen molar-refractivity contribution in [3.63, 3.8) is 0 Å². The van der Waals surface area contributed by atoms with Gasteiger partial charge in [0.1, 0.15) is 13.2 Å². The van der Waals surface area contributed by atoms with E-state index < -0.39 is 20.0 Å². The van der Waals surface area contributed by atoms with Gasteiger partial charge in [-0.2, -0.15) is 0 Å². The van der Waals surface area contributed by atoms with Crippen molar-refractivity contribution in [3.8, 4) is 0 Å². The molecule has 0 aromatic rings. The number of nitrogens with one attached hydrogen (secondary N) is 1. The van der Waals surface area contributed by atoms with E-state index in [2.05, 4.69) is 19.2 Å². The molecule has 1 amide bonds. The monoisotopic (exact) mass is 858 g/mol. The predicted molar refractivity (Wildman–Crippen MR) is 254 cm³/mol. The van der Waals surface area contributed by atoms with Crippen LogP contribution in [0.25, 0.3) is 0 Å². The lowest BCUT2D eigenvalue weighted by molar-refractivity contribution is -0.870. The maximum absolute atomic E-state index is 12.9. The molecule has 9 heteroatoms. The molecule has 1 unspecified atom stereocenters. The van der Waals surface area contributed by atoms with Crippen LogP contribution >= 0.6 is 7.82 Å². The molecule has 3 N–H and O–H groups in total. The number of aliphatic hydroxyl groups is 1. The Labute approximate surface area is 367 Å². The maximum Gasteiger partial charge on any atom is 0.472 e. The fourth-order valence-electron chi connectivity index (χ4n) is 7.69. The van der Waals surface area contributed by atoms with E-state index in [4.69, 9.17) is 9.05 Å². The van der Waals surface area contributed by atoms with Crippen molar-refractivity contribution in [3.05, 3.63) is 12.2 Å². The molecule has 8 nitrogen and oxygen atoms in total. The van der Waals surface area contributed by atoms with Crippen LogP contribution in [0.5, 0.6) is 0 Å². The number of rotatable bonds is 47. The zero-order valence-corrected chi connectivity index (χ0v) is 40.9. The largest absolute Gasteiger partial charge is 0.472 e. The maximum atomic E-state index is 12.9. The molecular weight excluding hydrogens is 756 g/mol. The Morgan fingerprint density at radius 1 is 0.559 bits per heavy atom. The number of hydrogen-bond donors (Lipinski definition) is 3. The van der Waals surface area contributed by atoms with Gasteiger partial charge in [0.25, 0.3) is 0 Å². The third kappa shape index (κ3) is 45.1. The molecule has 0 spiro atoms. The van der Waals surface area contributed by atoms with Crippen LogP contribution in [0.2, 0.25) is 0 Å². The molecule has 0 aliphatic carbocycles. The first-order chi connectivity index (χ1) is 28.5. The van der Waals surface area contributed by atoms with Crippen molar-refractivity contribution in [2.24, 2.45) is 0 Å². The second-order valence-corrected chi connectivity index (χ2v) is 20.4. The smallest absolute Gasteiger partial charge is 0.387 e. The van der Waals surface area contributed by atoms with Gasteiger partial charge in [-0.05, 0) is 19.3 Å². The van der Waals surface area contributed by atoms with Crippen LogP contribution in [0, 0.1) is 0 Å². The van der Waals surface area contributed by atoms with E-state index >= 15 is 0 Å². The Morgan fingerprint density at radius 2 is 0.898 bits per heavy atom. The minimum Gasteiger partial charge on any atom is -0.387 e. The number of phosphoric ester groups is 1. The topological polar surface area (TPSA) is 105 Å². The molecule has 0 heterocycles. The minimum absolute atomic E-state index is 0.0646. The van der Waals surface area contributed by atoms with Crippen LogP contribution in [0.4, 0.5) is 0 Å². The lowest BCUT2D eigenvalue weighted by atomic mass is 10.0. The summed E-state index contributed by atoms with van der Waals surface area (Å²) < 4.78 is 23.6. The molecule has 0 aliphatic rings. The first-order valence-corrected chi connectivity index (χ1v) is 27.1. The average Bonchev–Trinajstić information content (AvgIpc) is 3.19. The number of quaternary nitrogens is 1. The van der Waals surface area contributed by atoms with Gasteiger partial charge in [0.2, 0.25) is 5.91 Å². The van der Waals surface area contributed by atoms with Crippen molar-refractivity contribution >= 4 is 13.7 Å². The lowest BCUT2D eigenvalue weighted by Gasteiger charge is -2.25. The van der Waals surface area contributed by atoms with Gasteiger partial charge < -0.3 is 19.8 Å². The number of hydrogen-bond acceptors (Lipinski definition) is 5. The third-order valence-corrected chi connectivity index (χ3v) is 12.7. The van der Waals surface area contributed by atoms with Crippen LogP contribution in [0.15, 0.2) is 12.2 Å². The van der Waals surface area contributed by atoms with Gasteiger partial charge in [0, 0.05) is 6.42 Å². The van der Waals surface area contributed by atoms with Crippen LogP contribution in [0.3, 0.4) is 0 Å². The summed E-state index contributed by atoms with van der Waals surface area (Å²) in [7, 11) is 1.58. The molecule has 0 saturated heterocycles. The number of aliphatic hydroxyl groups excluding tert-OH is 1. The zero-order chi connectivity index (χ0) is 43.6. The molecular formula is C50H102N2O6P+. The Kier molecular flexibility index (Phi) is 42.0. The summed E-state index contributed by atoms with van der Waals surface area (Å²) >= 11 is 0. The molecule has 3 atom stereocenters. The summed E-state index contributed by atoms with van der Waals surface area (Å²) in [6, 6.07) is -0.839. The Morgan fingerprint density at radius 3 is 1.25 bits per heavy atom. The molecule has 0 aromatic heterocycles. The highest BCUT2D eigenvalue weighted by Crippen LogP contribution is 2.43. The quantitative estimate of drug-likeness (QED) is 0.0244. The Bertz CT molecular complexity index is 974. The van der Waals surface area contributed by atoms with Crippen LogP contribution in [0.1, 0.15) is 251 Å². The van der Waals surface area contributed by atoms with Gasteiger partial charge in [-0.1, -0.05) is 238 Å². The van der Waals surface area contributed by atoms with E-state index in [1.165, 1.54) is 193 Å². The van der Waals surface area contributed by atoms with E-state index in [9.17, 15) is 19.4 Å². The first kappa shape index (κ1) is 58.2. The van der Waals surface area contributed by atoms with Gasteiger partial charge in [-0.15, -0.1) is 0 Å². The van der Waals surface area contributed by atoms with Crippen LogP contribution < -0.4 is 5.32 Å². The van der Waals surface area contributed by atoms with Crippen molar-refractivity contribution < 1.29 is 32.9 Å². The minimum atomic E-state index is -4.33. The number of amides is 1. The number of nitrogens with zero attached hydrogens (tertiary/aromatic N) is 1. The van der Waals surface area contributed by atoms with E-state index in [1.54, 1.807) is 6.08 Å². The van der Waals surface area contributed by atoms with Gasteiger partial charge in [0.05, 0.1) is 39.9 Å². The van der Waals surface area contributed by atoms with Gasteiger partial charge in [0.15, 0.2) is 0 Å². The number of unbranched alkanes of at least 4 members (excludes halogenated alkanes) is 34. The van der Waals surface area contributed by atoms with Gasteiger partial charge >= 0.3 is 7.82 Å². The van der Waals surface area contributed by atoms with E-state index in [-0.39, 0.29) is 19.1 Å². The van der Waals surface area contributed by atoms with Crippen molar-refractivity contribution in [1.82, 2.24) is 5.32 Å². The molecule has 352 valence electrons. The van der Waals surface area contributed by atoms with Gasteiger partial charge in [-0.3, -0.25) is 13.8 Å². The van der Waals surface area contributed by atoms with E-state index in [1.807, 2.05) is 27.2 Å². The lowest BCUT2D eigenvalue weighted by Crippen LogP contribution is -2.45. The Balaban J connectivity index is 4.09. The molecule has 0 fully saturated rings. The predicted octanol–water partition coefficient (Wildman–Crippen LogP) is 14.7. The molecule has 0 rings (SSSR count). The summed E-state index contributed by atoms with van der Waals surface area (Å²) in [4.78, 5) is 23.1. The van der Waals surface area contributed by atoms with Crippen molar-refractivity contribution in [2.45, 2.75) is 264 Å². The van der Waals surface area contributed by atoms with Crippen molar-refractivity contribution in [1.29, 1.82) is 0 Å². The van der Waals surface area contributed by atoms with Crippen molar-refractivity contribution in [2.75, 3.05) is 40.9 Å². The van der Waals surface area contributed by atoms with Crippen LogP contribution in [-0.4, -0.2) is 73.4 Å². The van der Waals surface area contributed by atoms with Crippen LogP contribution in [-0.2, 0) is 18.4 Å². The summed E-state index contributed by atoms with van der Waals surface area (Å²) in [6.07, 6.45) is 50.2. The fourth-order valence-corrected chi connectivity index (χ4v) is 8.43. The molecule has 59 heavy (non-hydrogen) atoms. The average molecular weight is 858 g/mol. The second-order valence-electron chi connectivity index (χ2n) is 18.9. The number of carbonyl (C=O) groups is 1. The number of phosphoric acid groups is 1. The molecule has 0 aliphatic heterocycles. The first-order valence-electron chi connectivity index (χ1n) is 25.6. The van der Waals surface area contributed by atoms with Gasteiger partial charge in [-0.25, -0.2) is 4.57 Å². The third-order valence-electron chi connectivity index (χ3n) is 11.8. The second kappa shape index (κ2) is 42.5. The van der Waals surface area contributed by atoms with E-state index in [0.29, 0.717) is 17.4 Å². The summed E-state index contributed by atoms with van der Waals surface area (Å²) in [5.41, 5.74) is 0. The normalized spacial score (nSPS) is 14.2. The standard InChI is InChI=1S/C50H101N2O6P/c1-6-8-10-12-14-16-18-19-20-21-22-23-24-25-26-27-28-29-30-31-32-34-36-38-40-42-44-50(54)51-48(47-58-59(55,56)57-46-45-52(3,4)5)49(53)43-41-39-37-35-33-17-15-13-11-9-7-2/h41,43,48-49,53H,6-40,42,44-47H2,1-5H3,(H-,51,54,55,56)/p+1/b43-41+/t48-,49+/m0/s1. The summed E-state index contributed by atoms with van der Waals surface area (Å²) in [6.45, 7) is 4.83. The fraction of sp³-hybridized carbons (Fsp3) is 0.940. The molecule has 0 aromatic carbocycles. The summed E-state index contributed by atoms with van der Waals surface area (Å²) in [5.74, 6) is -0.173. The highest BCUT2D eigenvalue weighted by Gasteiger charge is 2.27. The molecule has 0 radical (unpaired) electrons. The zero-order valence-electron chi connectivity index (χ0n) is 40.0. The Hall–Kier alpha value is -0.760. The number of likely N-dealkylation sites (N-methyl/N-ethyl adjacent to an activating group) is 1.